The molecule has 5 rings (SSSR count). The second-order valence-corrected chi connectivity index (χ2v) is 7.76. The predicted octanol–water partition coefficient (Wildman–Crippen LogP) is 4.38. The molecule has 156 valence electrons. The van der Waals surface area contributed by atoms with E-state index in [1.165, 1.54) is 18.5 Å². The summed E-state index contributed by atoms with van der Waals surface area (Å²) < 4.78 is 16.7. The topological polar surface area (TPSA) is 77.6 Å². The van der Waals surface area contributed by atoms with Gasteiger partial charge in [-0.2, -0.15) is 10.2 Å². The van der Waals surface area contributed by atoms with Crippen molar-refractivity contribution in [1.29, 1.82) is 0 Å². The molecule has 0 unspecified atom stereocenters. The van der Waals surface area contributed by atoms with Crippen LogP contribution in [0.1, 0.15) is 34.6 Å². The molecule has 1 N–H and O–H groups in total. The Hall–Kier alpha value is -3.52. The molecular formula is C22H18ClFN6O. The number of carbonyl (C=O) groups is 1. The SMILES string of the molecule is O=C(Nc1cc(Cl)ccc1-n1cncn1)c1nn(-c2ccc(F)cc2)c2c1CCCC2. The van der Waals surface area contributed by atoms with E-state index < -0.39 is 0 Å². The maximum absolute atomic E-state index is 13.4. The lowest BCUT2D eigenvalue weighted by Crippen LogP contribution is -2.17. The van der Waals surface area contributed by atoms with Crippen LogP contribution < -0.4 is 5.32 Å². The summed E-state index contributed by atoms with van der Waals surface area (Å²) in [7, 11) is 0. The second-order valence-electron chi connectivity index (χ2n) is 7.32. The Balaban J connectivity index is 1.54. The highest BCUT2D eigenvalue weighted by Gasteiger charge is 2.26. The number of aromatic nitrogens is 5. The van der Waals surface area contributed by atoms with Crippen LogP contribution in [0.2, 0.25) is 5.02 Å². The lowest BCUT2D eigenvalue weighted by molar-refractivity contribution is 0.102. The van der Waals surface area contributed by atoms with Crippen LogP contribution in [-0.2, 0) is 12.8 Å². The standard InChI is InChI=1S/C22H18ClFN6O/c23-14-5-10-20(29-13-25-12-26-29)18(11-14)27-22(31)21-17-3-1-2-4-19(17)30(28-21)16-8-6-15(24)7-9-16/h5-13H,1-4H2,(H,27,31). The van der Waals surface area contributed by atoms with E-state index in [4.69, 9.17) is 11.6 Å². The highest BCUT2D eigenvalue weighted by atomic mass is 35.5. The Kier molecular flexibility index (Phi) is 4.99. The molecule has 1 aliphatic rings. The van der Waals surface area contributed by atoms with Gasteiger partial charge in [0.15, 0.2) is 5.69 Å². The molecule has 0 atom stereocenters. The minimum atomic E-state index is -0.331. The molecule has 1 aliphatic carbocycles. The third-order valence-corrected chi connectivity index (χ3v) is 5.57. The molecule has 2 aromatic carbocycles. The molecule has 2 aromatic heterocycles. The molecule has 0 radical (unpaired) electrons. The highest BCUT2D eigenvalue weighted by Crippen LogP contribution is 2.29. The molecule has 0 aliphatic heterocycles. The van der Waals surface area contributed by atoms with Crippen LogP contribution in [0, 0.1) is 5.82 Å². The monoisotopic (exact) mass is 436 g/mol. The van der Waals surface area contributed by atoms with Gasteiger partial charge in [0.05, 0.1) is 17.1 Å². The first-order valence-corrected chi connectivity index (χ1v) is 10.3. The van der Waals surface area contributed by atoms with Gasteiger partial charge in [0.1, 0.15) is 18.5 Å². The first kappa shape index (κ1) is 19.4. The third kappa shape index (κ3) is 3.70. The van der Waals surface area contributed by atoms with Crippen molar-refractivity contribution in [3.05, 3.63) is 82.9 Å². The minimum Gasteiger partial charge on any atom is -0.319 e. The number of carbonyl (C=O) groups excluding carboxylic acids is 1. The molecule has 0 fully saturated rings. The summed E-state index contributed by atoms with van der Waals surface area (Å²) in [5.74, 6) is -0.646. The van der Waals surface area contributed by atoms with E-state index in [1.54, 1.807) is 46.0 Å². The highest BCUT2D eigenvalue weighted by molar-refractivity contribution is 6.31. The zero-order chi connectivity index (χ0) is 21.4. The Labute approximate surface area is 182 Å². The molecule has 7 nitrogen and oxygen atoms in total. The van der Waals surface area contributed by atoms with Gasteiger partial charge < -0.3 is 5.32 Å². The van der Waals surface area contributed by atoms with Gasteiger partial charge in [-0.15, -0.1) is 0 Å². The van der Waals surface area contributed by atoms with Gasteiger partial charge in [0.25, 0.3) is 5.91 Å². The van der Waals surface area contributed by atoms with Gasteiger partial charge in [-0.05, 0) is 68.1 Å². The number of fused-ring (bicyclic) bond motifs is 1. The van der Waals surface area contributed by atoms with E-state index in [2.05, 4.69) is 20.5 Å². The number of rotatable bonds is 4. The Morgan fingerprint density at radius 1 is 1.10 bits per heavy atom. The quantitative estimate of drug-likeness (QED) is 0.515. The van der Waals surface area contributed by atoms with Gasteiger partial charge in [-0.3, -0.25) is 4.79 Å². The maximum atomic E-state index is 13.4. The summed E-state index contributed by atoms with van der Waals surface area (Å²) in [6.45, 7) is 0. The van der Waals surface area contributed by atoms with E-state index in [1.807, 2.05) is 0 Å². The molecule has 31 heavy (non-hydrogen) atoms. The second kappa shape index (κ2) is 7.96. The fourth-order valence-corrected chi connectivity index (χ4v) is 4.07. The summed E-state index contributed by atoms with van der Waals surface area (Å²) in [6, 6.07) is 11.3. The number of hydrogen-bond donors (Lipinski definition) is 1. The van der Waals surface area contributed by atoms with Crippen LogP contribution in [0.25, 0.3) is 11.4 Å². The molecule has 4 aromatic rings. The number of hydrogen-bond acceptors (Lipinski definition) is 4. The summed E-state index contributed by atoms with van der Waals surface area (Å²) in [6.07, 6.45) is 6.56. The van der Waals surface area contributed by atoms with E-state index in [0.29, 0.717) is 22.1 Å². The smallest absolute Gasteiger partial charge is 0.276 e. The molecule has 0 saturated heterocycles. The van der Waals surface area contributed by atoms with Crippen LogP contribution >= 0.6 is 11.6 Å². The van der Waals surface area contributed by atoms with Gasteiger partial charge in [-0.25, -0.2) is 18.7 Å². The van der Waals surface area contributed by atoms with Crippen LogP contribution in [0.3, 0.4) is 0 Å². The normalized spacial score (nSPS) is 13.1. The molecule has 0 saturated carbocycles. The van der Waals surface area contributed by atoms with Gasteiger partial charge >= 0.3 is 0 Å². The van der Waals surface area contributed by atoms with Crippen molar-refractivity contribution in [2.75, 3.05) is 5.32 Å². The Morgan fingerprint density at radius 3 is 2.68 bits per heavy atom. The van der Waals surface area contributed by atoms with E-state index in [-0.39, 0.29) is 11.7 Å². The Morgan fingerprint density at radius 2 is 1.90 bits per heavy atom. The summed E-state index contributed by atoms with van der Waals surface area (Å²) in [4.78, 5) is 17.2. The van der Waals surface area contributed by atoms with Crippen molar-refractivity contribution < 1.29 is 9.18 Å². The average molecular weight is 437 g/mol. The van der Waals surface area contributed by atoms with Crippen molar-refractivity contribution in [3.63, 3.8) is 0 Å². The number of anilines is 1. The number of halogens is 2. The maximum Gasteiger partial charge on any atom is 0.276 e. The van der Waals surface area contributed by atoms with Crippen LogP contribution in [0.5, 0.6) is 0 Å². The first-order valence-electron chi connectivity index (χ1n) is 9.93. The van der Waals surface area contributed by atoms with Gasteiger partial charge in [0.2, 0.25) is 0 Å². The predicted molar refractivity (Wildman–Crippen MR) is 114 cm³/mol. The number of benzene rings is 2. The van der Waals surface area contributed by atoms with Crippen LogP contribution in [0.15, 0.2) is 55.1 Å². The molecular weight excluding hydrogens is 419 g/mol. The zero-order valence-electron chi connectivity index (χ0n) is 16.4. The summed E-state index contributed by atoms with van der Waals surface area (Å²) in [5.41, 5.74) is 4.15. The van der Waals surface area contributed by atoms with Crippen LogP contribution in [-0.4, -0.2) is 30.5 Å². The van der Waals surface area contributed by atoms with Crippen molar-refractivity contribution in [2.24, 2.45) is 0 Å². The van der Waals surface area contributed by atoms with Crippen molar-refractivity contribution in [2.45, 2.75) is 25.7 Å². The fourth-order valence-electron chi connectivity index (χ4n) is 3.90. The number of nitrogens with zero attached hydrogens (tertiary/aromatic N) is 5. The molecule has 2 heterocycles. The lowest BCUT2D eigenvalue weighted by Gasteiger charge is -2.14. The van der Waals surface area contributed by atoms with E-state index >= 15 is 0 Å². The molecule has 0 bridgehead atoms. The van der Waals surface area contributed by atoms with Gasteiger partial charge in [-0.1, -0.05) is 11.6 Å². The molecule has 9 heteroatoms. The average Bonchev–Trinajstić information content (AvgIpc) is 3.43. The first-order chi connectivity index (χ1) is 15.1. The van der Waals surface area contributed by atoms with Crippen LogP contribution in [0.4, 0.5) is 10.1 Å². The van der Waals surface area contributed by atoms with E-state index in [0.717, 1.165) is 42.6 Å². The number of nitrogens with one attached hydrogen (secondary N) is 1. The van der Waals surface area contributed by atoms with Crippen molar-refractivity contribution in [3.8, 4) is 11.4 Å². The largest absolute Gasteiger partial charge is 0.319 e. The van der Waals surface area contributed by atoms with Crippen molar-refractivity contribution >= 4 is 23.2 Å². The lowest BCUT2D eigenvalue weighted by atomic mass is 9.95. The number of amides is 1. The summed E-state index contributed by atoms with van der Waals surface area (Å²) in [5, 5.41) is 12.2. The summed E-state index contributed by atoms with van der Waals surface area (Å²) >= 11 is 6.17. The third-order valence-electron chi connectivity index (χ3n) is 5.34. The van der Waals surface area contributed by atoms with Crippen molar-refractivity contribution in [1.82, 2.24) is 24.5 Å². The van der Waals surface area contributed by atoms with Gasteiger partial charge in [0, 0.05) is 16.3 Å². The molecule has 1 amide bonds. The Bertz CT molecular complexity index is 1250. The zero-order valence-corrected chi connectivity index (χ0v) is 17.2. The van der Waals surface area contributed by atoms with E-state index in [9.17, 15) is 9.18 Å². The minimum absolute atomic E-state index is 0.315. The fraction of sp³-hybridized carbons (Fsp3) is 0.182. The molecule has 0 spiro atoms.